The molecule has 1 aromatic rings. The topological polar surface area (TPSA) is 43.8 Å². The molecule has 2 saturated heterocycles. The van der Waals surface area contributed by atoms with E-state index in [9.17, 15) is 18.7 Å². The first-order valence-electron chi connectivity index (χ1n) is 9.58. The van der Waals surface area contributed by atoms with Crippen LogP contribution in [0, 0.1) is 23.0 Å². The zero-order chi connectivity index (χ0) is 18.3. The van der Waals surface area contributed by atoms with E-state index in [1.807, 2.05) is 4.90 Å². The van der Waals surface area contributed by atoms with Gasteiger partial charge in [0.1, 0.15) is 11.6 Å². The molecule has 6 heteroatoms. The molecular formula is C20H26F2N2O2. The Hall–Kier alpha value is -1.53. The molecule has 1 N–H and O–H groups in total. The maximum absolute atomic E-state index is 13.4. The third kappa shape index (κ3) is 3.76. The van der Waals surface area contributed by atoms with Crippen LogP contribution in [0.3, 0.4) is 0 Å². The van der Waals surface area contributed by atoms with Gasteiger partial charge in [-0.15, -0.1) is 0 Å². The van der Waals surface area contributed by atoms with Crippen molar-refractivity contribution in [3.63, 3.8) is 0 Å². The van der Waals surface area contributed by atoms with Crippen LogP contribution in [0.15, 0.2) is 18.2 Å². The van der Waals surface area contributed by atoms with E-state index in [4.69, 9.17) is 0 Å². The number of likely N-dealkylation sites (tertiary alicyclic amines) is 2. The Kier molecular flexibility index (Phi) is 4.73. The van der Waals surface area contributed by atoms with Crippen molar-refractivity contribution in [2.24, 2.45) is 11.3 Å². The summed E-state index contributed by atoms with van der Waals surface area (Å²) in [6.07, 6.45) is 3.85. The summed E-state index contributed by atoms with van der Waals surface area (Å²) in [7, 11) is 0. The van der Waals surface area contributed by atoms with Crippen LogP contribution in [0.25, 0.3) is 0 Å². The molecule has 4 rings (SSSR count). The van der Waals surface area contributed by atoms with Crippen molar-refractivity contribution in [1.29, 1.82) is 0 Å². The molecule has 0 aromatic heterocycles. The van der Waals surface area contributed by atoms with Crippen LogP contribution in [0.5, 0.6) is 0 Å². The Morgan fingerprint density at radius 3 is 2.38 bits per heavy atom. The van der Waals surface area contributed by atoms with Gasteiger partial charge in [0, 0.05) is 25.7 Å². The zero-order valence-corrected chi connectivity index (χ0v) is 15.0. The summed E-state index contributed by atoms with van der Waals surface area (Å²) in [5.41, 5.74) is 0.153. The lowest BCUT2D eigenvalue weighted by molar-refractivity contribution is -0.157. The SMILES string of the molecule is O=C1N(CC2CC2)CC(O)CC12CCN(Cc1cc(F)cc(F)c1)CC2. The van der Waals surface area contributed by atoms with E-state index < -0.39 is 23.2 Å². The molecule has 3 fully saturated rings. The van der Waals surface area contributed by atoms with Crippen molar-refractivity contribution < 1.29 is 18.7 Å². The van der Waals surface area contributed by atoms with Crippen LogP contribution in [-0.4, -0.2) is 53.1 Å². The third-order valence-corrected chi connectivity index (χ3v) is 6.12. The molecule has 26 heavy (non-hydrogen) atoms. The second-order valence-electron chi connectivity index (χ2n) is 8.35. The monoisotopic (exact) mass is 364 g/mol. The van der Waals surface area contributed by atoms with Crippen molar-refractivity contribution in [3.05, 3.63) is 35.4 Å². The maximum atomic E-state index is 13.4. The van der Waals surface area contributed by atoms with E-state index in [1.165, 1.54) is 25.0 Å². The fourth-order valence-electron chi connectivity index (χ4n) is 4.56. The number of piperidine rings is 2. The first-order chi connectivity index (χ1) is 12.4. The molecule has 1 saturated carbocycles. The molecule has 1 spiro atoms. The van der Waals surface area contributed by atoms with Crippen molar-refractivity contribution >= 4 is 5.91 Å². The Bertz CT molecular complexity index is 662. The lowest BCUT2D eigenvalue weighted by atomic mass is 9.70. The van der Waals surface area contributed by atoms with Gasteiger partial charge in [0.2, 0.25) is 5.91 Å². The fraction of sp³-hybridized carbons (Fsp3) is 0.650. The summed E-state index contributed by atoms with van der Waals surface area (Å²) < 4.78 is 26.8. The van der Waals surface area contributed by atoms with Crippen LogP contribution < -0.4 is 0 Å². The van der Waals surface area contributed by atoms with Gasteiger partial charge in [0.25, 0.3) is 0 Å². The van der Waals surface area contributed by atoms with E-state index in [-0.39, 0.29) is 5.91 Å². The first-order valence-corrected chi connectivity index (χ1v) is 9.58. The molecule has 1 aliphatic carbocycles. The summed E-state index contributed by atoms with van der Waals surface area (Å²) in [5, 5.41) is 10.3. The maximum Gasteiger partial charge on any atom is 0.229 e. The standard InChI is InChI=1S/C20H26F2N2O2/c21-16-7-15(8-17(22)9-16)11-23-5-3-20(4-6-23)10-18(25)13-24(19(20)26)12-14-1-2-14/h7-9,14,18,25H,1-6,10-13H2. The van der Waals surface area contributed by atoms with Gasteiger partial charge in [-0.05, 0) is 68.8 Å². The summed E-state index contributed by atoms with van der Waals surface area (Å²) >= 11 is 0. The number of rotatable bonds is 4. The molecular weight excluding hydrogens is 338 g/mol. The average Bonchev–Trinajstić information content (AvgIpc) is 3.37. The van der Waals surface area contributed by atoms with E-state index in [1.54, 1.807) is 0 Å². The lowest BCUT2D eigenvalue weighted by Crippen LogP contribution is -2.57. The van der Waals surface area contributed by atoms with Crippen LogP contribution >= 0.6 is 0 Å². The van der Waals surface area contributed by atoms with Crippen LogP contribution in [0.2, 0.25) is 0 Å². The van der Waals surface area contributed by atoms with Crippen molar-refractivity contribution in [1.82, 2.24) is 9.80 Å². The van der Waals surface area contributed by atoms with Crippen LogP contribution in [-0.2, 0) is 11.3 Å². The number of aliphatic hydroxyl groups excluding tert-OH is 1. The van der Waals surface area contributed by atoms with Gasteiger partial charge in [0.05, 0.1) is 11.5 Å². The predicted octanol–water partition coefficient (Wildman–Crippen LogP) is 2.55. The minimum Gasteiger partial charge on any atom is -0.391 e. The number of carbonyl (C=O) groups excluding carboxylic acids is 1. The summed E-state index contributed by atoms with van der Waals surface area (Å²) in [4.78, 5) is 17.1. The summed E-state index contributed by atoms with van der Waals surface area (Å²) in [6, 6.07) is 3.60. The highest BCUT2D eigenvalue weighted by atomic mass is 19.1. The molecule has 2 aliphatic heterocycles. The average molecular weight is 364 g/mol. The van der Waals surface area contributed by atoms with Crippen LogP contribution in [0.4, 0.5) is 8.78 Å². The van der Waals surface area contributed by atoms with Gasteiger partial charge in [-0.1, -0.05) is 0 Å². The highest BCUT2D eigenvalue weighted by molar-refractivity contribution is 5.84. The number of benzene rings is 1. The number of aliphatic hydroxyl groups is 1. The predicted molar refractivity (Wildman–Crippen MR) is 93.2 cm³/mol. The number of amides is 1. The van der Waals surface area contributed by atoms with Gasteiger partial charge >= 0.3 is 0 Å². The Labute approximate surface area is 152 Å². The Morgan fingerprint density at radius 2 is 1.77 bits per heavy atom. The second-order valence-corrected chi connectivity index (χ2v) is 8.35. The Morgan fingerprint density at radius 1 is 1.12 bits per heavy atom. The first kappa shape index (κ1) is 17.9. The van der Waals surface area contributed by atoms with E-state index in [0.29, 0.717) is 56.9 Å². The Balaban J connectivity index is 1.40. The zero-order valence-electron chi connectivity index (χ0n) is 15.0. The van der Waals surface area contributed by atoms with Gasteiger partial charge in [-0.2, -0.15) is 0 Å². The highest BCUT2D eigenvalue weighted by Gasteiger charge is 2.49. The number of β-amino-alcohol motifs (C(OH)–C–C–N with tert-alkyl or cyclic N) is 1. The smallest absolute Gasteiger partial charge is 0.229 e. The quantitative estimate of drug-likeness (QED) is 0.893. The van der Waals surface area contributed by atoms with Gasteiger partial charge < -0.3 is 10.0 Å². The molecule has 1 unspecified atom stereocenters. The van der Waals surface area contributed by atoms with Gasteiger partial charge in [-0.25, -0.2) is 8.78 Å². The minimum atomic E-state index is -0.560. The number of carbonyl (C=O) groups is 1. The number of nitrogens with zero attached hydrogens (tertiary/aromatic N) is 2. The number of halogens is 2. The molecule has 3 aliphatic rings. The molecule has 1 aromatic carbocycles. The highest BCUT2D eigenvalue weighted by Crippen LogP contribution is 2.42. The minimum absolute atomic E-state index is 0.200. The third-order valence-electron chi connectivity index (χ3n) is 6.12. The summed E-state index contributed by atoms with van der Waals surface area (Å²) in [5.74, 6) is -0.306. The fourth-order valence-corrected chi connectivity index (χ4v) is 4.56. The van der Waals surface area contributed by atoms with E-state index in [2.05, 4.69) is 4.90 Å². The molecule has 1 atom stereocenters. The van der Waals surface area contributed by atoms with Crippen molar-refractivity contribution in [3.8, 4) is 0 Å². The summed E-state index contributed by atoms with van der Waals surface area (Å²) in [6.45, 7) is 3.13. The molecule has 2 heterocycles. The largest absolute Gasteiger partial charge is 0.391 e. The number of hydrogen-bond donors (Lipinski definition) is 1. The second kappa shape index (κ2) is 6.89. The van der Waals surface area contributed by atoms with Crippen LogP contribution in [0.1, 0.15) is 37.7 Å². The van der Waals surface area contributed by atoms with E-state index in [0.717, 1.165) is 12.6 Å². The molecule has 1 amide bonds. The van der Waals surface area contributed by atoms with Gasteiger partial charge in [0.15, 0.2) is 0 Å². The normalized spacial score (nSPS) is 26.5. The molecule has 0 bridgehead atoms. The molecule has 4 nitrogen and oxygen atoms in total. The molecule has 142 valence electrons. The molecule has 0 radical (unpaired) electrons. The van der Waals surface area contributed by atoms with Crippen molar-refractivity contribution in [2.75, 3.05) is 26.2 Å². The van der Waals surface area contributed by atoms with E-state index >= 15 is 0 Å². The van der Waals surface area contributed by atoms with Crippen molar-refractivity contribution in [2.45, 2.75) is 44.8 Å². The lowest BCUT2D eigenvalue weighted by Gasteiger charge is -2.48. The number of hydrogen-bond acceptors (Lipinski definition) is 3. The van der Waals surface area contributed by atoms with Gasteiger partial charge in [-0.3, -0.25) is 9.69 Å².